The van der Waals surface area contributed by atoms with Crippen LogP contribution in [0, 0.1) is 0 Å². The number of benzene rings is 1. The Labute approximate surface area is 151 Å². The first-order valence-electron chi connectivity index (χ1n) is 8.53. The molecule has 0 unspecified atom stereocenters. The first kappa shape index (κ1) is 17.7. The molecule has 25 heavy (non-hydrogen) atoms. The van der Waals surface area contributed by atoms with E-state index in [0.717, 1.165) is 17.4 Å². The van der Waals surface area contributed by atoms with E-state index in [-0.39, 0.29) is 11.7 Å². The highest BCUT2D eigenvalue weighted by atomic mass is 32.2. The molecule has 1 heterocycles. The maximum atomic E-state index is 12.4. The van der Waals surface area contributed by atoms with Gasteiger partial charge in [-0.3, -0.25) is 9.59 Å². The van der Waals surface area contributed by atoms with Crippen LogP contribution in [0.15, 0.2) is 29.4 Å². The van der Waals surface area contributed by atoms with Gasteiger partial charge in [0.15, 0.2) is 10.9 Å². The summed E-state index contributed by atoms with van der Waals surface area (Å²) in [4.78, 5) is 23.9. The summed E-state index contributed by atoms with van der Waals surface area (Å²) in [5.41, 5.74) is 1.34. The predicted molar refractivity (Wildman–Crippen MR) is 98.0 cm³/mol. The fourth-order valence-electron chi connectivity index (χ4n) is 2.55. The molecule has 1 amide bonds. The normalized spacial score (nSPS) is 13.7. The van der Waals surface area contributed by atoms with Gasteiger partial charge in [0.1, 0.15) is 5.82 Å². The van der Waals surface area contributed by atoms with Crippen LogP contribution in [0.3, 0.4) is 0 Å². The number of amides is 1. The van der Waals surface area contributed by atoms with Crippen LogP contribution in [0.4, 0.5) is 5.69 Å². The van der Waals surface area contributed by atoms with E-state index >= 15 is 0 Å². The second-order valence-corrected chi connectivity index (χ2v) is 7.20. The summed E-state index contributed by atoms with van der Waals surface area (Å²) in [5, 5.41) is 12.0. The van der Waals surface area contributed by atoms with E-state index in [4.69, 9.17) is 0 Å². The van der Waals surface area contributed by atoms with Gasteiger partial charge < -0.3 is 9.88 Å². The number of thioether (sulfide) groups is 1. The van der Waals surface area contributed by atoms with Gasteiger partial charge in [-0.05, 0) is 43.5 Å². The molecule has 1 N–H and O–H groups in total. The van der Waals surface area contributed by atoms with Crippen molar-refractivity contribution in [2.24, 2.45) is 7.05 Å². The van der Waals surface area contributed by atoms with E-state index < -0.39 is 0 Å². The summed E-state index contributed by atoms with van der Waals surface area (Å²) in [6.45, 7) is 1.96. The van der Waals surface area contributed by atoms with Gasteiger partial charge in [-0.25, -0.2) is 0 Å². The third kappa shape index (κ3) is 4.48. The maximum absolute atomic E-state index is 12.4. The second kappa shape index (κ2) is 7.82. The summed E-state index contributed by atoms with van der Waals surface area (Å²) < 4.78 is 1.99. The zero-order valence-corrected chi connectivity index (χ0v) is 15.3. The number of aromatic nitrogens is 3. The molecule has 1 aliphatic carbocycles. The van der Waals surface area contributed by atoms with Gasteiger partial charge in [0.05, 0.1) is 5.75 Å². The molecule has 0 spiro atoms. The van der Waals surface area contributed by atoms with Gasteiger partial charge in [-0.15, -0.1) is 10.2 Å². The molecule has 2 aromatic rings. The van der Waals surface area contributed by atoms with Gasteiger partial charge in [0.25, 0.3) is 0 Å². The Bertz CT molecular complexity index is 766. The Hall–Kier alpha value is -2.15. The van der Waals surface area contributed by atoms with Crippen molar-refractivity contribution in [1.82, 2.24) is 14.8 Å². The molecule has 6 nitrogen and oxygen atoms in total. The fourth-order valence-corrected chi connectivity index (χ4v) is 3.36. The molecule has 1 fully saturated rings. The number of nitrogens with one attached hydrogen (secondary N) is 1. The van der Waals surface area contributed by atoms with Crippen LogP contribution >= 0.6 is 11.8 Å². The number of rotatable bonds is 8. The van der Waals surface area contributed by atoms with Crippen LogP contribution in [-0.4, -0.2) is 32.2 Å². The highest BCUT2D eigenvalue weighted by Gasteiger charge is 2.29. The number of carbonyl (C=O) groups is 2. The van der Waals surface area contributed by atoms with Crippen molar-refractivity contribution in [3.05, 3.63) is 35.7 Å². The highest BCUT2D eigenvalue weighted by molar-refractivity contribution is 7.99. The molecule has 0 atom stereocenters. The number of Topliss-reactive ketones (excluding diaryl/α,β-unsaturated/α-hetero) is 1. The maximum Gasteiger partial charge on any atom is 0.224 e. The largest absolute Gasteiger partial charge is 0.326 e. The molecular formula is C18H22N4O2S. The van der Waals surface area contributed by atoms with Gasteiger partial charge in [-0.1, -0.05) is 18.7 Å². The Balaban J connectivity index is 1.55. The van der Waals surface area contributed by atoms with Crippen molar-refractivity contribution in [2.45, 2.75) is 43.7 Å². The van der Waals surface area contributed by atoms with Crippen molar-refractivity contribution in [2.75, 3.05) is 11.1 Å². The third-order valence-electron chi connectivity index (χ3n) is 4.11. The lowest BCUT2D eigenvalue weighted by Crippen LogP contribution is -2.11. The first-order valence-corrected chi connectivity index (χ1v) is 9.52. The van der Waals surface area contributed by atoms with Gasteiger partial charge >= 0.3 is 0 Å². The Kier molecular flexibility index (Phi) is 5.53. The topological polar surface area (TPSA) is 76.9 Å². The van der Waals surface area contributed by atoms with Crippen LogP contribution in [0.1, 0.15) is 54.7 Å². The molecule has 1 saturated carbocycles. The van der Waals surface area contributed by atoms with E-state index in [2.05, 4.69) is 15.5 Å². The van der Waals surface area contributed by atoms with E-state index in [1.165, 1.54) is 24.6 Å². The lowest BCUT2D eigenvalue weighted by Gasteiger charge is -2.06. The van der Waals surface area contributed by atoms with Crippen LogP contribution in [0.5, 0.6) is 0 Å². The SMILES string of the molecule is CCCC(=O)Nc1ccc(C(=O)CSc2nnc(C3CC3)n2C)cc1. The van der Waals surface area contributed by atoms with Crippen molar-refractivity contribution < 1.29 is 9.59 Å². The fraction of sp³-hybridized carbons (Fsp3) is 0.444. The average molecular weight is 358 g/mol. The van der Waals surface area contributed by atoms with Crippen molar-refractivity contribution in [3.8, 4) is 0 Å². The lowest BCUT2D eigenvalue weighted by molar-refractivity contribution is -0.116. The second-order valence-electron chi connectivity index (χ2n) is 6.26. The van der Waals surface area contributed by atoms with Crippen LogP contribution in [-0.2, 0) is 11.8 Å². The monoisotopic (exact) mass is 358 g/mol. The van der Waals surface area contributed by atoms with Crippen LogP contribution in [0.25, 0.3) is 0 Å². The molecule has 132 valence electrons. The minimum atomic E-state index is -0.00844. The summed E-state index contributed by atoms with van der Waals surface area (Å²) in [7, 11) is 1.95. The molecule has 1 aromatic carbocycles. The molecule has 0 aliphatic heterocycles. The van der Waals surface area contributed by atoms with Crippen LogP contribution < -0.4 is 5.32 Å². The molecule has 7 heteroatoms. The van der Waals surface area contributed by atoms with Gasteiger partial charge in [-0.2, -0.15) is 0 Å². The molecule has 0 radical (unpaired) electrons. The summed E-state index contributed by atoms with van der Waals surface area (Å²) >= 11 is 1.41. The predicted octanol–water partition coefficient (Wildman–Crippen LogP) is 3.41. The average Bonchev–Trinajstić information content (AvgIpc) is 3.37. The smallest absolute Gasteiger partial charge is 0.224 e. The summed E-state index contributed by atoms with van der Waals surface area (Å²) in [6, 6.07) is 7.02. The number of nitrogens with zero attached hydrogens (tertiary/aromatic N) is 3. The van der Waals surface area contributed by atoms with Crippen LogP contribution in [0.2, 0.25) is 0 Å². The minimum absolute atomic E-state index is 0.00844. The Morgan fingerprint density at radius 3 is 2.60 bits per heavy atom. The van der Waals surface area contributed by atoms with E-state index in [0.29, 0.717) is 29.3 Å². The molecule has 3 rings (SSSR count). The van der Waals surface area contributed by atoms with Gasteiger partial charge in [0, 0.05) is 30.6 Å². The quantitative estimate of drug-likeness (QED) is 0.578. The minimum Gasteiger partial charge on any atom is -0.326 e. The zero-order chi connectivity index (χ0) is 17.8. The van der Waals surface area contributed by atoms with Crippen molar-refractivity contribution in [1.29, 1.82) is 0 Å². The zero-order valence-electron chi connectivity index (χ0n) is 14.5. The molecular weight excluding hydrogens is 336 g/mol. The third-order valence-corrected chi connectivity index (χ3v) is 5.13. The number of carbonyl (C=O) groups excluding carboxylic acids is 2. The molecule has 1 aliphatic rings. The number of hydrogen-bond donors (Lipinski definition) is 1. The van der Waals surface area contributed by atoms with Crippen molar-refractivity contribution >= 4 is 29.1 Å². The van der Waals surface area contributed by atoms with E-state index in [1.54, 1.807) is 24.3 Å². The summed E-state index contributed by atoms with van der Waals surface area (Å²) in [5.74, 6) is 1.90. The highest BCUT2D eigenvalue weighted by Crippen LogP contribution is 2.39. The first-order chi connectivity index (χ1) is 12.1. The van der Waals surface area contributed by atoms with Crippen molar-refractivity contribution in [3.63, 3.8) is 0 Å². The number of anilines is 1. The Morgan fingerprint density at radius 1 is 1.24 bits per heavy atom. The Morgan fingerprint density at radius 2 is 1.96 bits per heavy atom. The molecule has 0 saturated heterocycles. The molecule has 0 bridgehead atoms. The number of ketones is 1. The molecule has 1 aromatic heterocycles. The van der Waals surface area contributed by atoms with E-state index in [1.807, 2.05) is 18.5 Å². The number of hydrogen-bond acceptors (Lipinski definition) is 5. The lowest BCUT2D eigenvalue weighted by atomic mass is 10.1. The van der Waals surface area contributed by atoms with Gasteiger partial charge in [0.2, 0.25) is 5.91 Å². The van der Waals surface area contributed by atoms with E-state index in [9.17, 15) is 9.59 Å². The summed E-state index contributed by atoms with van der Waals surface area (Å²) in [6.07, 6.45) is 3.66. The standard InChI is InChI=1S/C18H22N4O2S/c1-3-4-16(24)19-14-9-7-12(8-10-14)15(23)11-25-18-21-20-17(22(18)2)13-5-6-13/h7-10,13H,3-6,11H2,1-2H3,(H,19,24).